The van der Waals surface area contributed by atoms with Crippen molar-refractivity contribution in [2.45, 2.75) is 37.6 Å². The largest absolute Gasteiger partial charge is 0.326 e. The van der Waals surface area contributed by atoms with E-state index in [-0.39, 0.29) is 28.6 Å². The van der Waals surface area contributed by atoms with E-state index >= 15 is 0 Å². The SMILES string of the molecule is Cc1cc(Cl)ccc1NC(=O)CCn1c(=O)sc2cc(S(=O)(=O)N3CCCC3)ccc21. The zero-order chi connectivity index (χ0) is 22.2. The van der Waals surface area contributed by atoms with Gasteiger partial charge in [0.1, 0.15) is 0 Å². The number of fused-ring (bicyclic) bond motifs is 1. The first-order chi connectivity index (χ1) is 14.8. The molecule has 0 aliphatic carbocycles. The predicted octanol–water partition coefficient (Wildman–Crippen LogP) is 3.84. The van der Waals surface area contributed by atoms with Gasteiger partial charge in [-0.2, -0.15) is 4.31 Å². The first-order valence-corrected chi connectivity index (χ1v) is 12.6. The van der Waals surface area contributed by atoms with Crippen LogP contribution in [0.5, 0.6) is 0 Å². The van der Waals surface area contributed by atoms with E-state index in [9.17, 15) is 18.0 Å². The monoisotopic (exact) mass is 479 g/mol. The number of carbonyl (C=O) groups excluding carboxylic acids is 1. The Labute approximate surface area is 189 Å². The lowest BCUT2D eigenvalue weighted by Crippen LogP contribution is -2.27. The summed E-state index contributed by atoms with van der Waals surface area (Å²) in [5.41, 5.74) is 2.16. The van der Waals surface area contributed by atoms with Gasteiger partial charge in [0.05, 0.1) is 15.1 Å². The highest BCUT2D eigenvalue weighted by Crippen LogP contribution is 2.26. The van der Waals surface area contributed by atoms with Crippen LogP contribution in [0.2, 0.25) is 5.02 Å². The van der Waals surface area contributed by atoms with Gasteiger partial charge >= 0.3 is 4.87 Å². The maximum Gasteiger partial charge on any atom is 0.308 e. The summed E-state index contributed by atoms with van der Waals surface area (Å²) >= 11 is 6.93. The molecule has 1 fully saturated rings. The molecule has 31 heavy (non-hydrogen) atoms. The molecule has 0 spiro atoms. The summed E-state index contributed by atoms with van der Waals surface area (Å²) in [6.07, 6.45) is 1.84. The van der Waals surface area contributed by atoms with Gasteiger partial charge < -0.3 is 5.32 Å². The summed E-state index contributed by atoms with van der Waals surface area (Å²) in [6, 6.07) is 9.96. The van der Waals surface area contributed by atoms with Crippen molar-refractivity contribution >= 4 is 54.8 Å². The molecule has 2 aromatic carbocycles. The molecule has 0 atom stereocenters. The average Bonchev–Trinajstić information content (AvgIpc) is 3.36. The van der Waals surface area contributed by atoms with Gasteiger partial charge in [0.2, 0.25) is 15.9 Å². The van der Waals surface area contributed by atoms with Crippen LogP contribution in [0.15, 0.2) is 46.1 Å². The smallest absolute Gasteiger partial charge is 0.308 e. The molecule has 2 heterocycles. The van der Waals surface area contributed by atoms with Crippen LogP contribution in [0.25, 0.3) is 10.2 Å². The number of rotatable bonds is 6. The predicted molar refractivity (Wildman–Crippen MR) is 124 cm³/mol. The van der Waals surface area contributed by atoms with Gasteiger partial charge in [-0.15, -0.1) is 0 Å². The summed E-state index contributed by atoms with van der Waals surface area (Å²) in [4.78, 5) is 24.9. The van der Waals surface area contributed by atoms with Crippen LogP contribution in [0, 0.1) is 6.92 Å². The second-order valence-electron chi connectivity index (χ2n) is 7.52. The highest BCUT2D eigenvalue weighted by Gasteiger charge is 2.27. The molecule has 0 radical (unpaired) electrons. The molecular weight excluding hydrogens is 458 g/mol. The molecule has 7 nitrogen and oxygen atoms in total. The number of nitrogens with zero attached hydrogens (tertiary/aromatic N) is 2. The quantitative estimate of drug-likeness (QED) is 0.581. The van der Waals surface area contributed by atoms with Crippen molar-refractivity contribution in [2.24, 2.45) is 0 Å². The Balaban J connectivity index is 1.51. The van der Waals surface area contributed by atoms with Crippen LogP contribution in [-0.4, -0.2) is 36.3 Å². The first kappa shape index (κ1) is 22.0. The van der Waals surface area contributed by atoms with E-state index in [0.29, 0.717) is 34.0 Å². The van der Waals surface area contributed by atoms with Gasteiger partial charge in [0, 0.05) is 36.8 Å². The zero-order valence-electron chi connectivity index (χ0n) is 16.9. The van der Waals surface area contributed by atoms with Crippen molar-refractivity contribution in [3.05, 3.63) is 56.7 Å². The third-order valence-electron chi connectivity index (χ3n) is 5.37. The molecule has 0 bridgehead atoms. The third kappa shape index (κ3) is 4.55. The van der Waals surface area contributed by atoms with Crippen molar-refractivity contribution in [1.82, 2.24) is 8.87 Å². The molecule has 1 N–H and O–H groups in total. The molecule has 1 saturated heterocycles. The molecule has 1 amide bonds. The number of amides is 1. The van der Waals surface area contributed by atoms with Crippen LogP contribution in [-0.2, 0) is 21.4 Å². The molecular formula is C21H22ClN3O4S2. The normalized spacial score (nSPS) is 14.9. The number of aryl methyl sites for hydroxylation is 2. The summed E-state index contributed by atoms with van der Waals surface area (Å²) in [6.45, 7) is 3.11. The molecule has 164 valence electrons. The maximum absolute atomic E-state index is 12.8. The van der Waals surface area contributed by atoms with Crippen molar-refractivity contribution in [1.29, 1.82) is 0 Å². The molecule has 1 aliphatic rings. The van der Waals surface area contributed by atoms with Crippen LogP contribution in [0.1, 0.15) is 24.8 Å². The number of anilines is 1. The van der Waals surface area contributed by atoms with E-state index in [0.717, 1.165) is 29.7 Å². The topological polar surface area (TPSA) is 88.5 Å². The Morgan fingerprint density at radius 1 is 1.16 bits per heavy atom. The molecule has 3 aromatic rings. The number of carbonyl (C=O) groups is 1. The van der Waals surface area contributed by atoms with E-state index in [1.165, 1.54) is 14.9 Å². The Morgan fingerprint density at radius 3 is 2.61 bits per heavy atom. The fourth-order valence-corrected chi connectivity index (χ4v) is 6.49. The van der Waals surface area contributed by atoms with Crippen molar-refractivity contribution < 1.29 is 13.2 Å². The summed E-state index contributed by atoms with van der Waals surface area (Å²) in [5.74, 6) is -0.218. The second kappa shape index (κ2) is 8.74. The Kier molecular flexibility index (Phi) is 6.20. The highest BCUT2D eigenvalue weighted by molar-refractivity contribution is 7.89. The number of thiazole rings is 1. The van der Waals surface area contributed by atoms with Crippen LogP contribution >= 0.6 is 22.9 Å². The van der Waals surface area contributed by atoms with Gasteiger partial charge in [-0.25, -0.2) is 8.42 Å². The van der Waals surface area contributed by atoms with Gasteiger partial charge in [-0.1, -0.05) is 22.9 Å². The third-order valence-corrected chi connectivity index (χ3v) is 8.44. The lowest BCUT2D eigenvalue weighted by Gasteiger charge is -2.15. The van der Waals surface area contributed by atoms with Crippen molar-refractivity contribution in [2.75, 3.05) is 18.4 Å². The molecule has 0 unspecified atom stereocenters. The summed E-state index contributed by atoms with van der Waals surface area (Å²) in [7, 11) is -3.55. The second-order valence-corrected chi connectivity index (χ2v) is 10.9. The molecule has 10 heteroatoms. The molecule has 1 aromatic heterocycles. The first-order valence-electron chi connectivity index (χ1n) is 9.95. The van der Waals surface area contributed by atoms with Crippen molar-refractivity contribution in [3.8, 4) is 0 Å². The number of aromatic nitrogens is 1. The number of hydrogen-bond acceptors (Lipinski definition) is 5. The minimum atomic E-state index is -3.55. The van der Waals surface area contributed by atoms with Gasteiger partial charge in [-0.3, -0.25) is 14.2 Å². The molecule has 4 rings (SSSR count). The number of sulfonamides is 1. The van der Waals surface area contributed by atoms with Gasteiger partial charge in [-0.05, 0) is 61.7 Å². The molecule has 0 saturated carbocycles. The standard InChI is InChI=1S/C21H22ClN3O4S2/c1-14-12-15(22)4-6-17(14)23-20(26)8-11-25-18-7-5-16(13-19(18)30-21(25)27)31(28,29)24-9-2-3-10-24/h4-7,12-13H,2-3,8-11H2,1H3,(H,23,26). The van der Waals surface area contributed by atoms with E-state index in [1.54, 1.807) is 30.3 Å². The average molecular weight is 480 g/mol. The number of halogens is 1. The Morgan fingerprint density at radius 2 is 1.90 bits per heavy atom. The minimum absolute atomic E-state index is 0.113. The zero-order valence-corrected chi connectivity index (χ0v) is 19.3. The summed E-state index contributed by atoms with van der Waals surface area (Å²) < 4.78 is 29.2. The lowest BCUT2D eigenvalue weighted by atomic mass is 10.2. The fraction of sp³-hybridized carbons (Fsp3) is 0.333. The van der Waals surface area contributed by atoms with Gasteiger partial charge in [0.15, 0.2) is 0 Å². The lowest BCUT2D eigenvalue weighted by molar-refractivity contribution is -0.116. The van der Waals surface area contributed by atoms with Gasteiger partial charge in [0.25, 0.3) is 0 Å². The Bertz CT molecular complexity index is 1310. The Hall–Kier alpha value is -2.20. The van der Waals surface area contributed by atoms with E-state index in [1.807, 2.05) is 6.92 Å². The summed E-state index contributed by atoms with van der Waals surface area (Å²) in [5, 5.41) is 3.43. The van der Waals surface area contributed by atoms with E-state index < -0.39 is 10.0 Å². The minimum Gasteiger partial charge on any atom is -0.326 e. The number of nitrogens with one attached hydrogen (secondary N) is 1. The van der Waals surface area contributed by atoms with E-state index in [2.05, 4.69) is 5.32 Å². The molecule has 1 aliphatic heterocycles. The van der Waals surface area contributed by atoms with Crippen molar-refractivity contribution in [3.63, 3.8) is 0 Å². The maximum atomic E-state index is 12.8. The van der Waals surface area contributed by atoms with E-state index in [4.69, 9.17) is 11.6 Å². The van der Waals surface area contributed by atoms with Crippen LogP contribution in [0.4, 0.5) is 5.69 Å². The number of benzene rings is 2. The van der Waals surface area contributed by atoms with Crippen LogP contribution < -0.4 is 10.2 Å². The van der Waals surface area contributed by atoms with Crippen LogP contribution in [0.3, 0.4) is 0 Å². The number of hydrogen-bond donors (Lipinski definition) is 1. The highest BCUT2D eigenvalue weighted by atomic mass is 35.5. The fourth-order valence-electron chi connectivity index (χ4n) is 3.69.